The van der Waals surface area contributed by atoms with Crippen LogP contribution in [0.25, 0.3) is 11.3 Å². The van der Waals surface area contributed by atoms with Gasteiger partial charge in [-0.1, -0.05) is 29.8 Å². The van der Waals surface area contributed by atoms with Crippen LogP contribution in [0.15, 0.2) is 42.5 Å². The maximum absolute atomic E-state index is 13.8. The molecule has 0 radical (unpaired) electrons. The number of hydrogen-bond donors (Lipinski definition) is 2. The summed E-state index contributed by atoms with van der Waals surface area (Å²) in [5.41, 5.74) is 10.6. The average Bonchev–Trinajstić information content (AvgIpc) is 3.12. The number of urea groups is 1. The van der Waals surface area contributed by atoms with Gasteiger partial charge in [-0.3, -0.25) is 9.48 Å². The Morgan fingerprint density at radius 1 is 1.09 bits per heavy atom. The number of carbonyl (C=O) groups is 2. The van der Waals surface area contributed by atoms with Crippen LogP contribution in [-0.4, -0.2) is 33.2 Å². The van der Waals surface area contributed by atoms with Crippen LogP contribution in [0.3, 0.4) is 0 Å². The number of primary amides is 2. The third kappa shape index (κ3) is 3.99. The van der Waals surface area contributed by atoms with Gasteiger partial charge in [0.05, 0.1) is 23.4 Å². The third-order valence-corrected chi connectivity index (χ3v) is 5.69. The van der Waals surface area contributed by atoms with E-state index in [0.717, 1.165) is 29.2 Å². The minimum atomic E-state index is -4.64. The van der Waals surface area contributed by atoms with Crippen molar-refractivity contribution in [3.8, 4) is 11.3 Å². The van der Waals surface area contributed by atoms with Crippen molar-refractivity contribution in [1.29, 1.82) is 0 Å². The van der Waals surface area contributed by atoms with E-state index in [1.807, 2.05) is 0 Å². The number of nitrogens with two attached hydrogens (primary N) is 2. The summed E-state index contributed by atoms with van der Waals surface area (Å²) in [6.45, 7) is 0.148. The molecular weight excluding hydrogens is 466 g/mol. The van der Waals surface area contributed by atoms with Crippen molar-refractivity contribution < 1.29 is 27.2 Å². The van der Waals surface area contributed by atoms with Crippen LogP contribution >= 0.6 is 11.6 Å². The van der Waals surface area contributed by atoms with Crippen LogP contribution in [0.5, 0.6) is 0 Å². The Balaban J connectivity index is 1.97. The maximum Gasteiger partial charge on any atom is 0.416 e. The molecule has 7 nitrogen and oxygen atoms in total. The van der Waals surface area contributed by atoms with Crippen molar-refractivity contribution in [2.75, 3.05) is 6.54 Å². The fourth-order valence-electron chi connectivity index (χ4n) is 3.96. The fourth-order valence-corrected chi connectivity index (χ4v) is 4.24. The number of fused-ring (bicyclic) bond motifs is 1. The van der Waals surface area contributed by atoms with Crippen molar-refractivity contribution in [2.24, 2.45) is 11.5 Å². The highest BCUT2D eigenvalue weighted by Gasteiger charge is 2.40. The molecule has 2 heterocycles. The van der Waals surface area contributed by atoms with Gasteiger partial charge in [0.2, 0.25) is 0 Å². The lowest BCUT2D eigenvalue weighted by Crippen LogP contribution is -2.46. The van der Waals surface area contributed by atoms with Crippen molar-refractivity contribution in [3.05, 3.63) is 75.7 Å². The van der Waals surface area contributed by atoms with Crippen LogP contribution in [0.1, 0.15) is 33.2 Å². The molecule has 1 aromatic heterocycles. The average molecular weight is 482 g/mol. The van der Waals surface area contributed by atoms with Gasteiger partial charge < -0.3 is 16.4 Å². The van der Waals surface area contributed by atoms with E-state index in [4.69, 9.17) is 23.1 Å². The van der Waals surface area contributed by atoms with Crippen LogP contribution < -0.4 is 11.5 Å². The predicted molar refractivity (Wildman–Crippen MR) is 111 cm³/mol. The first-order valence-corrected chi connectivity index (χ1v) is 9.96. The van der Waals surface area contributed by atoms with Crippen molar-refractivity contribution in [2.45, 2.75) is 18.8 Å². The molecule has 3 amide bonds. The van der Waals surface area contributed by atoms with Crippen LogP contribution in [0.2, 0.25) is 5.02 Å². The second-order valence-corrected chi connectivity index (χ2v) is 7.78. The fraction of sp³-hybridized carbons (Fsp3) is 0.190. The predicted octanol–water partition coefficient (Wildman–Crippen LogP) is 3.94. The van der Waals surface area contributed by atoms with E-state index in [0.29, 0.717) is 0 Å². The zero-order valence-electron chi connectivity index (χ0n) is 16.7. The first-order chi connectivity index (χ1) is 15.5. The summed E-state index contributed by atoms with van der Waals surface area (Å²) in [4.78, 5) is 25.9. The molecule has 4 N–H and O–H groups in total. The summed E-state index contributed by atoms with van der Waals surface area (Å²) in [6, 6.07) is 5.94. The van der Waals surface area contributed by atoms with Crippen molar-refractivity contribution in [1.82, 2.24) is 14.7 Å². The number of amides is 3. The summed E-state index contributed by atoms with van der Waals surface area (Å²) in [7, 11) is 0. The second-order valence-electron chi connectivity index (χ2n) is 7.37. The van der Waals surface area contributed by atoms with E-state index in [-0.39, 0.29) is 46.2 Å². The van der Waals surface area contributed by atoms with Crippen LogP contribution in [0.4, 0.5) is 22.4 Å². The first-order valence-electron chi connectivity index (χ1n) is 9.58. The largest absolute Gasteiger partial charge is 0.416 e. The molecule has 0 saturated heterocycles. The number of nitrogens with zero attached hydrogens (tertiary/aromatic N) is 3. The molecule has 33 heavy (non-hydrogen) atoms. The number of hydrogen-bond acceptors (Lipinski definition) is 3. The number of alkyl halides is 3. The Morgan fingerprint density at radius 3 is 2.39 bits per heavy atom. The van der Waals surface area contributed by atoms with Crippen molar-refractivity contribution >= 4 is 23.5 Å². The van der Waals surface area contributed by atoms with Gasteiger partial charge in [0.1, 0.15) is 17.6 Å². The van der Waals surface area contributed by atoms with E-state index in [1.165, 1.54) is 22.9 Å². The van der Waals surface area contributed by atoms with Gasteiger partial charge in [-0.25, -0.2) is 9.18 Å². The summed E-state index contributed by atoms with van der Waals surface area (Å²) in [6.07, 6.45) is -4.64. The van der Waals surface area contributed by atoms with Gasteiger partial charge in [-0.05, 0) is 29.8 Å². The monoisotopic (exact) mass is 481 g/mol. The molecule has 1 atom stereocenters. The molecule has 2 aromatic carbocycles. The molecular formula is C21H16ClF4N5O2. The smallest absolute Gasteiger partial charge is 0.365 e. The van der Waals surface area contributed by atoms with Gasteiger partial charge in [0.15, 0.2) is 0 Å². The zero-order chi connectivity index (χ0) is 24.1. The Kier molecular flexibility index (Phi) is 5.52. The molecule has 12 heteroatoms. The second kappa shape index (κ2) is 8.07. The van der Waals surface area contributed by atoms with E-state index >= 15 is 0 Å². The standard InChI is InChI=1S/C21H16ClF4N5O2/c22-14-9-11(21(24,25)26)4-5-13(14)17-18-15(19(27)32)16(10-2-1-3-12(23)8-10)29-31(18)7-6-30(17)20(28)33/h1-5,8-9,17H,6-7H2,(H2,27,32)(H2,28,33). The topological polar surface area (TPSA) is 107 Å². The summed E-state index contributed by atoms with van der Waals surface area (Å²) >= 11 is 6.21. The summed E-state index contributed by atoms with van der Waals surface area (Å²) in [5.74, 6) is -1.50. The molecule has 3 aromatic rings. The van der Waals surface area contributed by atoms with Gasteiger partial charge in [0.25, 0.3) is 5.91 Å². The lowest BCUT2D eigenvalue weighted by Gasteiger charge is -2.36. The van der Waals surface area contributed by atoms with Gasteiger partial charge in [-0.15, -0.1) is 0 Å². The van der Waals surface area contributed by atoms with Gasteiger partial charge in [0, 0.05) is 17.1 Å². The van der Waals surface area contributed by atoms with Crippen LogP contribution in [-0.2, 0) is 12.7 Å². The summed E-state index contributed by atoms with van der Waals surface area (Å²) < 4.78 is 54.6. The van der Waals surface area contributed by atoms with E-state index < -0.39 is 35.5 Å². The van der Waals surface area contributed by atoms with E-state index in [9.17, 15) is 27.2 Å². The zero-order valence-corrected chi connectivity index (χ0v) is 17.5. The molecule has 1 aliphatic rings. The SMILES string of the molecule is NC(=O)c1c(-c2cccc(F)c2)nn2c1C(c1ccc(C(F)(F)F)cc1Cl)N(C(N)=O)CC2. The number of benzene rings is 2. The minimum Gasteiger partial charge on any atom is -0.365 e. The Bertz CT molecular complexity index is 1270. The Labute approximate surface area is 189 Å². The molecule has 0 bridgehead atoms. The molecule has 0 spiro atoms. The van der Waals surface area contributed by atoms with Crippen molar-refractivity contribution in [3.63, 3.8) is 0 Å². The maximum atomic E-state index is 13.8. The highest BCUT2D eigenvalue weighted by molar-refractivity contribution is 6.31. The number of carbonyl (C=O) groups excluding carboxylic acids is 2. The third-order valence-electron chi connectivity index (χ3n) is 5.37. The molecule has 172 valence electrons. The highest BCUT2D eigenvalue weighted by atomic mass is 35.5. The highest BCUT2D eigenvalue weighted by Crippen LogP contribution is 2.42. The lowest BCUT2D eigenvalue weighted by molar-refractivity contribution is -0.137. The molecule has 4 rings (SSSR count). The Morgan fingerprint density at radius 2 is 1.82 bits per heavy atom. The first kappa shape index (κ1) is 22.6. The molecule has 0 saturated carbocycles. The Hall–Kier alpha value is -3.60. The number of aromatic nitrogens is 2. The molecule has 1 aliphatic heterocycles. The van der Waals surface area contributed by atoms with Crippen LogP contribution in [0, 0.1) is 5.82 Å². The molecule has 1 unspecified atom stereocenters. The quantitative estimate of drug-likeness (QED) is 0.553. The van der Waals surface area contributed by atoms with E-state index in [1.54, 1.807) is 0 Å². The van der Waals surface area contributed by atoms with Gasteiger partial charge in [-0.2, -0.15) is 18.3 Å². The normalized spacial score (nSPS) is 15.9. The molecule has 0 fully saturated rings. The number of rotatable bonds is 3. The van der Waals surface area contributed by atoms with E-state index in [2.05, 4.69) is 5.10 Å². The molecule has 0 aliphatic carbocycles. The number of halogens is 5. The summed E-state index contributed by atoms with van der Waals surface area (Å²) in [5, 5.41) is 4.09. The van der Waals surface area contributed by atoms with Gasteiger partial charge >= 0.3 is 12.2 Å². The minimum absolute atomic E-state index is 0.0345. The lowest BCUT2D eigenvalue weighted by atomic mass is 9.93.